The molecule has 2 rings (SSSR count). The molecule has 0 N–H and O–H groups in total. The Morgan fingerprint density at radius 1 is 0.826 bits per heavy atom. The first kappa shape index (κ1) is 17.3. The summed E-state index contributed by atoms with van der Waals surface area (Å²) >= 11 is 5.25. The highest BCUT2D eigenvalue weighted by molar-refractivity contribution is 6.67. The summed E-state index contributed by atoms with van der Waals surface area (Å²) in [4.78, 5) is 11.1. The van der Waals surface area contributed by atoms with Crippen molar-refractivity contribution in [3.8, 4) is 11.1 Å². The lowest BCUT2D eigenvalue weighted by atomic mass is 9.96. The Bertz CT molecular complexity index is 731. The van der Waals surface area contributed by atoms with Gasteiger partial charge in [0.05, 0.1) is 11.1 Å². The fourth-order valence-electron chi connectivity index (χ4n) is 1.99. The molecule has 0 radical (unpaired) electrons. The second-order valence-electron chi connectivity index (χ2n) is 4.61. The molecule has 0 unspecified atom stereocenters. The highest BCUT2D eigenvalue weighted by Crippen LogP contribution is 2.39. The third-order valence-electron chi connectivity index (χ3n) is 3.08. The molecule has 0 aliphatic carbocycles. The molecule has 0 fully saturated rings. The van der Waals surface area contributed by atoms with Crippen LogP contribution in [0.5, 0.6) is 0 Å². The molecule has 0 amide bonds. The van der Waals surface area contributed by atoms with Crippen LogP contribution in [0.15, 0.2) is 42.5 Å². The van der Waals surface area contributed by atoms with Gasteiger partial charge in [0.15, 0.2) is 0 Å². The summed E-state index contributed by atoms with van der Waals surface area (Å²) in [5, 5.41) is -0.966. The fraction of sp³-hybridized carbons (Fsp3) is 0.133. The number of benzene rings is 2. The van der Waals surface area contributed by atoms with Crippen LogP contribution in [0, 0.1) is 0 Å². The Labute approximate surface area is 131 Å². The van der Waals surface area contributed by atoms with Crippen LogP contribution < -0.4 is 0 Å². The summed E-state index contributed by atoms with van der Waals surface area (Å²) in [6.07, 6.45) is -9.33. The summed E-state index contributed by atoms with van der Waals surface area (Å²) in [6, 6.07) is 5.65. The first-order chi connectivity index (χ1) is 10.5. The number of carbonyl (C=O) groups is 1. The van der Waals surface area contributed by atoms with Gasteiger partial charge in [0.1, 0.15) is 0 Å². The van der Waals surface area contributed by atoms with Gasteiger partial charge in [-0.1, -0.05) is 12.1 Å². The van der Waals surface area contributed by atoms with Crippen molar-refractivity contribution in [2.45, 2.75) is 12.4 Å². The summed E-state index contributed by atoms with van der Waals surface area (Å²) in [5.74, 6) is 0. The van der Waals surface area contributed by atoms with Crippen LogP contribution in [0.3, 0.4) is 0 Å². The van der Waals surface area contributed by atoms with Gasteiger partial charge in [-0.25, -0.2) is 0 Å². The molecule has 23 heavy (non-hydrogen) atoms. The minimum absolute atomic E-state index is 0.106. The third kappa shape index (κ3) is 3.85. The number of rotatable bonds is 2. The van der Waals surface area contributed by atoms with E-state index in [1.54, 1.807) is 0 Å². The topological polar surface area (TPSA) is 17.1 Å². The SMILES string of the molecule is O=C(Cl)c1ccc(C(F)(F)F)c(-c2ccc(C(F)(F)F)cc2)c1. The Kier molecular flexibility index (Phi) is 4.43. The van der Waals surface area contributed by atoms with Crippen LogP contribution in [0.2, 0.25) is 0 Å². The van der Waals surface area contributed by atoms with E-state index in [0.29, 0.717) is 18.2 Å². The Hall–Kier alpha value is -2.02. The molecule has 1 nitrogen and oxygen atoms in total. The second-order valence-corrected chi connectivity index (χ2v) is 4.95. The van der Waals surface area contributed by atoms with Crippen LogP contribution in [-0.2, 0) is 12.4 Å². The van der Waals surface area contributed by atoms with Crippen molar-refractivity contribution in [3.63, 3.8) is 0 Å². The van der Waals surface area contributed by atoms with Crippen molar-refractivity contribution in [1.29, 1.82) is 0 Å². The van der Waals surface area contributed by atoms with Crippen LogP contribution in [-0.4, -0.2) is 5.24 Å². The molecule has 0 aliphatic heterocycles. The van der Waals surface area contributed by atoms with Gasteiger partial charge in [-0.3, -0.25) is 4.79 Å². The maximum atomic E-state index is 13.0. The standard InChI is InChI=1S/C15H7ClF6O/c16-13(23)9-3-6-12(15(20,21)22)11(7-9)8-1-4-10(5-2-8)14(17,18)19/h1-7H. The van der Waals surface area contributed by atoms with Crippen LogP contribution >= 0.6 is 11.6 Å². The minimum Gasteiger partial charge on any atom is -0.276 e. The summed E-state index contributed by atoms with van der Waals surface area (Å²) in [6.45, 7) is 0. The summed E-state index contributed by atoms with van der Waals surface area (Å²) < 4.78 is 76.7. The van der Waals surface area contributed by atoms with Gasteiger partial charge in [0.25, 0.3) is 5.24 Å². The lowest BCUT2D eigenvalue weighted by Crippen LogP contribution is -2.08. The Morgan fingerprint density at radius 3 is 1.83 bits per heavy atom. The van der Waals surface area contributed by atoms with E-state index < -0.39 is 34.3 Å². The molecular formula is C15H7ClF6O. The zero-order valence-corrected chi connectivity index (χ0v) is 11.9. The Morgan fingerprint density at radius 2 is 1.39 bits per heavy atom. The summed E-state index contributed by atoms with van der Waals surface area (Å²) in [7, 11) is 0. The molecule has 0 atom stereocenters. The van der Waals surface area contributed by atoms with Crippen molar-refractivity contribution in [2.75, 3.05) is 0 Å². The molecule has 0 aromatic heterocycles. The number of hydrogen-bond acceptors (Lipinski definition) is 1. The molecule has 0 spiro atoms. The largest absolute Gasteiger partial charge is 0.417 e. The van der Waals surface area contributed by atoms with E-state index >= 15 is 0 Å². The van der Waals surface area contributed by atoms with Gasteiger partial charge in [0.2, 0.25) is 0 Å². The van der Waals surface area contributed by atoms with Gasteiger partial charge in [-0.15, -0.1) is 0 Å². The van der Waals surface area contributed by atoms with Gasteiger partial charge in [-0.2, -0.15) is 26.3 Å². The van der Waals surface area contributed by atoms with Crippen LogP contribution in [0.25, 0.3) is 11.1 Å². The predicted molar refractivity (Wildman–Crippen MR) is 72.1 cm³/mol. The van der Waals surface area contributed by atoms with E-state index in [4.69, 9.17) is 11.6 Å². The van der Waals surface area contributed by atoms with Gasteiger partial charge in [-0.05, 0) is 53.1 Å². The number of hydrogen-bond donors (Lipinski definition) is 0. The van der Waals surface area contributed by atoms with E-state index in [1.165, 1.54) is 0 Å². The zero-order valence-electron chi connectivity index (χ0n) is 11.1. The van der Waals surface area contributed by atoms with E-state index in [0.717, 1.165) is 24.3 Å². The molecule has 0 heterocycles. The molecule has 0 saturated heterocycles. The van der Waals surface area contributed by atoms with Crippen molar-refractivity contribution in [2.24, 2.45) is 0 Å². The molecule has 0 saturated carbocycles. The van der Waals surface area contributed by atoms with Crippen molar-refractivity contribution in [3.05, 3.63) is 59.2 Å². The van der Waals surface area contributed by atoms with Crippen LogP contribution in [0.1, 0.15) is 21.5 Å². The van der Waals surface area contributed by atoms with Gasteiger partial charge in [0, 0.05) is 5.56 Å². The molecule has 122 valence electrons. The maximum Gasteiger partial charge on any atom is 0.417 e. The molecule has 8 heteroatoms. The minimum atomic E-state index is -4.73. The third-order valence-corrected chi connectivity index (χ3v) is 3.29. The first-order valence-corrected chi connectivity index (χ1v) is 6.46. The molecule has 0 aliphatic rings. The number of alkyl halides is 6. The van der Waals surface area contributed by atoms with E-state index in [2.05, 4.69) is 0 Å². The van der Waals surface area contributed by atoms with E-state index in [9.17, 15) is 31.1 Å². The average Bonchev–Trinajstić information content (AvgIpc) is 2.45. The van der Waals surface area contributed by atoms with Gasteiger partial charge < -0.3 is 0 Å². The van der Waals surface area contributed by atoms with Crippen molar-refractivity contribution >= 4 is 16.8 Å². The molecule has 0 bridgehead atoms. The zero-order chi connectivity index (χ0) is 17.4. The molecule has 2 aromatic carbocycles. The van der Waals surface area contributed by atoms with Crippen LogP contribution in [0.4, 0.5) is 26.3 Å². The van der Waals surface area contributed by atoms with Crippen molar-refractivity contribution in [1.82, 2.24) is 0 Å². The highest BCUT2D eigenvalue weighted by atomic mass is 35.5. The normalized spacial score (nSPS) is 12.3. The lowest BCUT2D eigenvalue weighted by molar-refractivity contribution is -0.138. The summed E-state index contributed by atoms with van der Waals surface area (Å²) in [5.41, 5.74) is -2.77. The predicted octanol–water partition coefficient (Wildman–Crippen LogP) is 5.77. The average molecular weight is 353 g/mol. The molecule has 2 aromatic rings. The van der Waals surface area contributed by atoms with E-state index in [-0.39, 0.29) is 11.1 Å². The second kappa shape index (κ2) is 5.88. The number of carbonyl (C=O) groups excluding carboxylic acids is 1. The maximum absolute atomic E-state index is 13.0. The Balaban J connectivity index is 2.60. The quantitative estimate of drug-likeness (QED) is 0.495. The molecular weight excluding hydrogens is 346 g/mol. The smallest absolute Gasteiger partial charge is 0.276 e. The monoisotopic (exact) mass is 352 g/mol. The highest BCUT2D eigenvalue weighted by Gasteiger charge is 2.34. The van der Waals surface area contributed by atoms with Crippen molar-refractivity contribution < 1.29 is 31.1 Å². The van der Waals surface area contributed by atoms with Gasteiger partial charge >= 0.3 is 12.4 Å². The van der Waals surface area contributed by atoms with E-state index in [1.807, 2.05) is 0 Å². The first-order valence-electron chi connectivity index (χ1n) is 6.09. The fourth-order valence-corrected chi connectivity index (χ4v) is 2.11. The lowest BCUT2D eigenvalue weighted by Gasteiger charge is -2.14. The number of halogens is 7.